The predicted octanol–water partition coefficient (Wildman–Crippen LogP) is 0.0526. The zero-order valence-corrected chi connectivity index (χ0v) is 8.21. The Bertz CT molecular complexity index is 154. The van der Waals surface area contributed by atoms with Gasteiger partial charge in [-0.15, -0.1) is 0 Å². The molecule has 0 bridgehead atoms. The first-order valence-electron chi connectivity index (χ1n) is 5.46. The van der Waals surface area contributed by atoms with Crippen LogP contribution in [0.15, 0.2) is 0 Å². The van der Waals surface area contributed by atoms with Gasteiger partial charge < -0.3 is 15.3 Å². The van der Waals surface area contributed by atoms with Gasteiger partial charge in [-0.25, -0.2) is 0 Å². The molecule has 2 rings (SSSR count). The van der Waals surface area contributed by atoms with Crippen LogP contribution in [0.4, 0.5) is 0 Å². The predicted molar refractivity (Wildman–Crippen MR) is 52.7 cm³/mol. The zero-order valence-electron chi connectivity index (χ0n) is 8.21. The molecule has 2 fully saturated rings. The van der Waals surface area contributed by atoms with Crippen molar-refractivity contribution >= 4 is 0 Å². The highest BCUT2D eigenvalue weighted by atomic mass is 16.3. The summed E-state index contributed by atoms with van der Waals surface area (Å²) < 4.78 is 0. The van der Waals surface area contributed by atoms with Crippen molar-refractivity contribution in [2.24, 2.45) is 5.92 Å². The highest BCUT2D eigenvalue weighted by Crippen LogP contribution is 2.15. The maximum Gasteiger partial charge on any atom is 0.0679 e. The van der Waals surface area contributed by atoms with Crippen molar-refractivity contribution in [2.45, 2.75) is 25.4 Å². The summed E-state index contributed by atoms with van der Waals surface area (Å²) in [4.78, 5) is 2.41. The summed E-state index contributed by atoms with van der Waals surface area (Å²) in [6.07, 6.45) is 3.59. The standard InChI is InChI=1S/C10H20N2O/c13-10-3-5-12(8-10)7-9-2-1-4-11-6-9/h9-11,13H,1-8H2/t9-,10+/m0/s1. The summed E-state index contributed by atoms with van der Waals surface area (Å²) >= 11 is 0. The second-order valence-corrected chi connectivity index (χ2v) is 4.41. The first kappa shape index (κ1) is 9.44. The molecule has 0 aromatic carbocycles. The molecule has 0 unspecified atom stereocenters. The Kier molecular flexibility index (Phi) is 3.19. The quantitative estimate of drug-likeness (QED) is 0.636. The number of hydrogen-bond acceptors (Lipinski definition) is 3. The molecular weight excluding hydrogens is 164 g/mol. The maximum atomic E-state index is 9.37. The van der Waals surface area contributed by atoms with E-state index in [1.165, 1.54) is 32.5 Å². The molecule has 0 amide bonds. The fourth-order valence-electron chi connectivity index (χ4n) is 2.42. The lowest BCUT2D eigenvalue weighted by Crippen LogP contribution is -2.37. The molecule has 3 heteroatoms. The Morgan fingerprint density at radius 2 is 2.31 bits per heavy atom. The summed E-state index contributed by atoms with van der Waals surface area (Å²) in [5, 5.41) is 12.8. The molecular formula is C10H20N2O. The van der Waals surface area contributed by atoms with E-state index < -0.39 is 0 Å². The number of likely N-dealkylation sites (tertiary alicyclic amines) is 1. The maximum absolute atomic E-state index is 9.37. The molecule has 0 spiro atoms. The van der Waals surface area contributed by atoms with Gasteiger partial charge in [0.2, 0.25) is 0 Å². The van der Waals surface area contributed by atoms with Gasteiger partial charge in [-0.2, -0.15) is 0 Å². The van der Waals surface area contributed by atoms with Gasteiger partial charge in [0.15, 0.2) is 0 Å². The first-order chi connectivity index (χ1) is 6.34. The summed E-state index contributed by atoms with van der Waals surface area (Å²) in [7, 11) is 0. The zero-order chi connectivity index (χ0) is 9.10. The van der Waals surface area contributed by atoms with Crippen LogP contribution in [0.2, 0.25) is 0 Å². The highest BCUT2D eigenvalue weighted by Gasteiger charge is 2.23. The van der Waals surface area contributed by atoms with Crippen LogP contribution in [-0.4, -0.2) is 48.8 Å². The number of β-amino-alcohol motifs (C(OH)–C–C–N with tert-alkyl or cyclic N) is 1. The van der Waals surface area contributed by atoms with Crippen LogP contribution in [0.3, 0.4) is 0 Å². The second-order valence-electron chi connectivity index (χ2n) is 4.41. The van der Waals surface area contributed by atoms with Gasteiger partial charge in [-0.05, 0) is 38.3 Å². The van der Waals surface area contributed by atoms with Gasteiger partial charge in [0.1, 0.15) is 0 Å². The average Bonchev–Trinajstić information content (AvgIpc) is 2.53. The third kappa shape index (κ3) is 2.66. The second kappa shape index (κ2) is 4.40. The minimum absolute atomic E-state index is 0.0588. The fraction of sp³-hybridized carbons (Fsp3) is 1.00. The highest BCUT2D eigenvalue weighted by molar-refractivity contribution is 4.79. The Morgan fingerprint density at radius 1 is 1.38 bits per heavy atom. The van der Waals surface area contributed by atoms with Crippen molar-refractivity contribution in [3.63, 3.8) is 0 Å². The minimum Gasteiger partial charge on any atom is -0.392 e. The monoisotopic (exact) mass is 184 g/mol. The Hall–Kier alpha value is -0.120. The largest absolute Gasteiger partial charge is 0.392 e. The molecule has 2 heterocycles. The Morgan fingerprint density at radius 3 is 2.92 bits per heavy atom. The lowest BCUT2D eigenvalue weighted by molar-refractivity contribution is 0.165. The van der Waals surface area contributed by atoms with Gasteiger partial charge in [-0.1, -0.05) is 0 Å². The molecule has 0 saturated carbocycles. The Balaban J connectivity index is 1.71. The van der Waals surface area contributed by atoms with E-state index in [1.54, 1.807) is 0 Å². The van der Waals surface area contributed by atoms with Crippen LogP contribution >= 0.6 is 0 Å². The van der Waals surface area contributed by atoms with Gasteiger partial charge >= 0.3 is 0 Å². The van der Waals surface area contributed by atoms with Gasteiger partial charge in [0.25, 0.3) is 0 Å². The van der Waals surface area contributed by atoms with Gasteiger partial charge in [0.05, 0.1) is 6.10 Å². The molecule has 13 heavy (non-hydrogen) atoms. The summed E-state index contributed by atoms with van der Waals surface area (Å²) in [5.74, 6) is 0.819. The van der Waals surface area contributed by atoms with Crippen molar-refractivity contribution in [1.29, 1.82) is 0 Å². The SMILES string of the molecule is O[C@@H]1CCN(C[C@H]2CCCNC2)C1. The van der Waals surface area contributed by atoms with Crippen LogP contribution in [0, 0.1) is 5.92 Å². The topological polar surface area (TPSA) is 35.5 Å². The number of rotatable bonds is 2. The smallest absolute Gasteiger partial charge is 0.0679 e. The van der Waals surface area contributed by atoms with Crippen molar-refractivity contribution in [3.8, 4) is 0 Å². The summed E-state index contributed by atoms with van der Waals surface area (Å²) in [5.41, 5.74) is 0. The van der Waals surface area contributed by atoms with Crippen LogP contribution in [0.25, 0.3) is 0 Å². The third-order valence-corrected chi connectivity index (χ3v) is 3.16. The molecule has 2 saturated heterocycles. The fourth-order valence-corrected chi connectivity index (χ4v) is 2.42. The summed E-state index contributed by atoms with van der Waals surface area (Å²) in [6.45, 7) is 5.55. The third-order valence-electron chi connectivity index (χ3n) is 3.16. The average molecular weight is 184 g/mol. The first-order valence-corrected chi connectivity index (χ1v) is 5.46. The number of aliphatic hydroxyl groups is 1. The van der Waals surface area contributed by atoms with Gasteiger partial charge in [0, 0.05) is 19.6 Å². The molecule has 2 atom stereocenters. The van der Waals surface area contributed by atoms with E-state index >= 15 is 0 Å². The lowest BCUT2D eigenvalue weighted by Gasteiger charge is -2.27. The van der Waals surface area contributed by atoms with E-state index in [4.69, 9.17) is 0 Å². The van der Waals surface area contributed by atoms with E-state index in [2.05, 4.69) is 10.2 Å². The van der Waals surface area contributed by atoms with Crippen molar-refractivity contribution in [1.82, 2.24) is 10.2 Å². The molecule has 2 aliphatic rings. The Labute approximate surface area is 80.1 Å². The van der Waals surface area contributed by atoms with Crippen LogP contribution < -0.4 is 5.32 Å². The number of nitrogens with zero attached hydrogens (tertiary/aromatic N) is 1. The number of nitrogens with one attached hydrogen (secondary N) is 1. The number of piperidine rings is 1. The van der Waals surface area contributed by atoms with Crippen molar-refractivity contribution < 1.29 is 5.11 Å². The molecule has 0 aliphatic carbocycles. The van der Waals surface area contributed by atoms with E-state index in [-0.39, 0.29) is 6.10 Å². The van der Waals surface area contributed by atoms with Crippen molar-refractivity contribution in [3.05, 3.63) is 0 Å². The molecule has 2 aliphatic heterocycles. The van der Waals surface area contributed by atoms with Crippen LogP contribution in [-0.2, 0) is 0 Å². The molecule has 76 valence electrons. The lowest BCUT2D eigenvalue weighted by atomic mass is 9.99. The van der Waals surface area contributed by atoms with Crippen LogP contribution in [0.1, 0.15) is 19.3 Å². The van der Waals surface area contributed by atoms with E-state index in [1.807, 2.05) is 0 Å². The molecule has 2 N–H and O–H groups in total. The molecule has 0 radical (unpaired) electrons. The van der Waals surface area contributed by atoms with E-state index in [0.717, 1.165) is 25.4 Å². The summed E-state index contributed by atoms with van der Waals surface area (Å²) in [6, 6.07) is 0. The molecule has 0 aromatic heterocycles. The van der Waals surface area contributed by atoms with E-state index in [0.29, 0.717) is 0 Å². The number of hydrogen-bond donors (Lipinski definition) is 2. The van der Waals surface area contributed by atoms with E-state index in [9.17, 15) is 5.11 Å². The number of aliphatic hydroxyl groups excluding tert-OH is 1. The normalized spacial score (nSPS) is 36.7. The molecule has 0 aromatic rings. The van der Waals surface area contributed by atoms with Crippen LogP contribution in [0.5, 0.6) is 0 Å². The van der Waals surface area contributed by atoms with Gasteiger partial charge in [-0.3, -0.25) is 0 Å². The van der Waals surface area contributed by atoms with Crippen molar-refractivity contribution in [2.75, 3.05) is 32.7 Å². The minimum atomic E-state index is -0.0588. The molecule has 3 nitrogen and oxygen atoms in total.